The number of aryl methyl sites for hydroxylation is 4. The van der Waals surface area contributed by atoms with Crippen LogP contribution in [0.1, 0.15) is 73.7 Å². The lowest BCUT2D eigenvalue weighted by molar-refractivity contribution is -0.169. The van der Waals surface area contributed by atoms with Crippen LogP contribution in [0.25, 0.3) is 0 Å². The van der Waals surface area contributed by atoms with Gasteiger partial charge in [-0.1, -0.05) is 72.5 Å². The molecular formula is C40H44N2O6. The molecule has 8 nitrogen and oxygen atoms in total. The van der Waals surface area contributed by atoms with Crippen molar-refractivity contribution in [1.82, 2.24) is 0 Å². The van der Waals surface area contributed by atoms with Gasteiger partial charge in [-0.3, -0.25) is 0 Å². The van der Waals surface area contributed by atoms with Crippen LogP contribution in [0.15, 0.2) is 93.8 Å². The van der Waals surface area contributed by atoms with Crippen molar-refractivity contribution < 1.29 is 27.9 Å². The first-order chi connectivity index (χ1) is 23.1. The molecule has 2 heterocycles. The summed E-state index contributed by atoms with van der Waals surface area (Å²) in [5.74, 6) is 12.8. The summed E-state index contributed by atoms with van der Waals surface area (Å²) in [6.07, 6.45) is 5.18. The van der Waals surface area contributed by atoms with Gasteiger partial charge in [0.15, 0.2) is 11.5 Å². The predicted octanol–water partition coefficient (Wildman–Crippen LogP) is 5.93. The highest BCUT2D eigenvalue weighted by Crippen LogP contribution is 2.17. The molecule has 4 rings (SSSR count). The highest BCUT2D eigenvalue weighted by atomic mass is 16.6. The molecule has 4 N–H and O–H groups in total. The Labute approximate surface area is 283 Å². The van der Waals surface area contributed by atoms with E-state index >= 15 is 0 Å². The van der Waals surface area contributed by atoms with Crippen LogP contribution < -0.4 is 11.5 Å². The molecule has 0 aliphatic carbocycles. The van der Waals surface area contributed by atoms with Gasteiger partial charge in [-0.25, -0.2) is 9.59 Å². The second-order valence-electron chi connectivity index (χ2n) is 12.6. The molecule has 0 saturated heterocycles. The number of ether oxygens (including phenoxy) is 2. The Balaban J connectivity index is 1.11. The highest BCUT2D eigenvalue weighted by Gasteiger charge is 2.28. The minimum Gasteiger partial charge on any atom is -0.455 e. The first kappa shape index (κ1) is 35.8. The lowest BCUT2D eigenvalue weighted by Gasteiger charge is -2.25. The smallest absolute Gasteiger partial charge is 0.417 e. The standard InChI is InChI=1S/C40H44N2O6/c1-39(41,27-25-35-23-21-33(47-35)19-11-9-17-31-13-5-3-6-14-31)29-45-37(43)38(44)46-30-40(2,42)28-26-36-24-22-34(48-36)20-12-10-18-32-15-7-4-8-16-32/h3-8,13-16,21-24H,9-10,17-18,25-30,41-42H2,1-2H3/t39-,40-/m1/s1. The van der Waals surface area contributed by atoms with E-state index in [-0.39, 0.29) is 13.2 Å². The van der Waals surface area contributed by atoms with Gasteiger partial charge in [0, 0.05) is 36.8 Å². The van der Waals surface area contributed by atoms with Crippen LogP contribution in [0.5, 0.6) is 0 Å². The Morgan fingerprint density at radius 1 is 0.604 bits per heavy atom. The van der Waals surface area contributed by atoms with E-state index in [1.54, 1.807) is 13.8 Å². The quantitative estimate of drug-likeness (QED) is 0.0978. The molecule has 0 unspecified atom stereocenters. The third-order valence-corrected chi connectivity index (χ3v) is 7.63. The number of rotatable bonds is 14. The van der Waals surface area contributed by atoms with Crippen LogP contribution in [-0.2, 0) is 44.7 Å². The summed E-state index contributed by atoms with van der Waals surface area (Å²) in [5.41, 5.74) is 13.4. The van der Waals surface area contributed by atoms with Gasteiger partial charge in [-0.2, -0.15) is 0 Å². The maximum atomic E-state index is 12.3. The number of hydrogen-bond acceptors (Lipinski definition) is 8. The summed E-state index contributed by atoms with van der Waals surface area (Å²) in [7, 11) is 0. The van der Waals surface area contributed by atoms with Gasteiger partial charge in [0.25, 0.3) is 0 Å². The molecule has 0 radical (unpaired) electrons. The SMILES string of the molecule is C[C@@](N)(CCc1ccc(C#CCCc2ccccc2)o1)COC(=O)C(=O)OC[C@](C)(N)CCc1ccc(C#CCCc2ccccc2)o1. The highest BCUT2D eigenvalue weighted by molar-refractivity contribution is 6.29. The van der Waals surface area contributed by atoms with Gasteiger partial charge >= 0.3 is 11.9 Å². The Kier molecular flexibility index (Phi) is 13.3. The maximum absolute atomic E-state index is 12.3. The van der Waals surface area contributed by atoms with Crippen molar-refractivity contribution in [3.8, 4) is 23.7 Å². The Morgan fingerprint density at radius 2 is 1.00 bits per heavy atom. The zero-order valence-corrected chi connectivity index (χ0v) is 27.8. The molecule has 2 aromatic carbocycles. The van der Waals surface area contributed by atoms with E-state index < -0.39 is 23.0 Å². The molecule has 0 amide bonds. The Morgan fingerprint density at radius 3 is 1.40 bits per heavy atom. The lowest BCUT2D eigenvalue weighted by Crippen LogP contribution is -2.45. The van der Waals surface area contributed by atoms with E-state index in [0.29, 0.717) is 37.2 Å². The normalized spacial score (nSPS) is 13.2. The summed E-state index contributed by atoms with van der Waals surface area (Å²) < 4.78 is 21.9. The minimum atomic E-state index is -1.12. The van der Waals surface area contributed by atoms with Gasteiger partial charge in [0.2, 0.25) is 0 Å². The summed E-state index contributed by atoms with van der Waals surface area (Å²) in [5, 5.41) is 0. The topological polar surface area (TPSA) is 131 Å². The average molecular weight is 649 g/mol. The third kappa shape index (κ3) is 13.0. The third-order valence-electron chi connectivity index (χ3n) is 7.63. The number of benzene rings is 2. The van der Waals surface area contributed by atoms with E-state index in [1.165, 1.54) is 11.1 Å². The molecule has 0 aliphatic rings. The number of hydrogen-bond donors (Lipinski definition) is 2. The Bertz CT molecular complexity index is 1600. The van der Waals surface area contributed by atoms with Gasteiger partial charge in [-0.05, 0) is 86.8 Å². The van der Waals surface area contributed by atoms with Crippen LogP contribution in [0.3, 0.4) is 0 Å². The van der Waals surface area contributed by atoms with E-state index in [4.69, 9.17) is 29.8 Å². The van der Waals surface area contributed by atoms with Crippen LogP contribution >= 0.6 is 0 Å². The Hall–Kier alpha value is -5.02. The van der Waals surface area contributed by atoms with Crippen molar-refractivity contribution in [3.63, 3.8) is 0 Å². The zero-order chi connectivity index (χ0) is 34.2. The second-order valence-corrected chi connectivity index (χ2v) is 12.6. The van der Waals surface area contributed by atoms with Gasteiger partial charge in [-0.15, -0.1) is 0 Å². The fraction of sp³-hybridized carbons (Fsp3) is 0.350. The minimum absolute atomic E-state index is 0.163. The number of esters is 2. The first-order valence-corrected chi connectivity index (χ1v) is 16.2. The molecule has 2 atom stereocenters. The molecule has 48 heavy (non-hydrogen) atoms. The van der Waals surface area contributed by atoms with Crippen molar-refractivity contribution in [2.75, 3.05) is 13.2 Å². The molecule has 0 spiro atoms. The summed E-state index contributed by atoms with van der Waals surface area (Å²) in [6.45, 7) is 3.16. The molecule has 4 aromatic rings. The molecule has 0 bridgehead atoms. The molecule has 0 saturated carbocycles. The maximum Gasteiger partial charge on any atom is 0.417 e. The number of carbonyl (C=O) groups excluding carboxylic acids is 2. The summed E-state index contributed by atoms with van der Waals surface area (Å²) >= 11 is 0. The molecule has 0 aliphatic heterocycles. The van der Waals surface area contributed by atoms with Crippen molar-refractivity contribution in [2.24, 2.45) is 11.5 Å². The number of furan rings is 2. The fourth-order valence-electron chi connectivity index (χ4n) is 4.70. The zero-order valence-electron chi connectivity index (χ0n) is 27.8. The molecular weight excluding hydrogens is 604 g/mol. The van der Waals surface area contributed by atoms with E-state index in [0.717, 1.165) is 37.2 Å². The molecule has 2 aromatic heterocycles. The van der Waals surface area contributed by atoms with Crippen LogP contribution in [-0.4, -0.2) is 36.2 Å². The van der Waals surface area contributed by atoms with Crippen molar-refractivity contribution >= 4 is 11.9 Å². The number of nitrogens with two attached hydrogens (primary N) is 2. The monoisotopic (exact) mass is 648 g/mol. The molecule has 8 heteroatoms. The first-order valence-electron chi connectivity index (χ1n) is 16.2. The summed E-state index contributed by atoms with van der Waals surface area (Å²) in [6, 6.07) is 27.8. The van der Waals surface area contributed by atoms with Crippen LogP contribution in [0.2, 0.25) is 0 Å². The van der Waals surface area contributed by atoms with E-state index in [9.17, 15) is 9.59 Å². The molecule has 0 fully saturated rings. The van der Waals surface area contributed by atoms with E-state index in [1.807, 2.05) is 60.7 Å². The largest absolute Gasteiger partial charge is 0.455 e. The second kappa shape index (κ2) is 17.8. The van der Waals surface area contributed by atoms with Gasteiger partial charge in [0.05, 0.1) is 0 Å². The molecule has 250 valence electrons. The summed E-state index contributed by atoms with van der Waals surface area (Å²) in [4.78, 5) is 24.6. The lowest BCUT2D eigenvalue weighted by atomic mass is 9.97. The predicted molar refractivity (Wildman–Crippen MR) is 184 cm³/mol. The van der Waals surface area contributed by atoms with Crippen LogP contribution in [0.4, 0.5) is 0 Å². The van der Waals surface area contributed by atoms with Crippen molar-refractivity contribution in [2.45, 2.75) is 76.3 Å². The van der Waals surface area contributed by atoms with Crippen molar-refractivity contribution in [1.29, 1.82) is 0 Å². The van der Waals surface area contributed by atoms with Crippen LogP contribution in [0, 0.1) is 23.7 Å². The van der Waals surface area contributed by atoms with Gasteiger partial charge < -0.3 is 29.8 Å². The van der Waals surface area contributed by atoms with Gasteiger partial charge in [0.1, 0.15) is 24.7 Å². The average Bonchev–Trinajstić information content (AvgIpc) is 3.75. The fourth-order valence-corrected chi connectivity index (χ4v) is 4.70. The number of carbonyl (C=O) groups is 2. The van der Waals surface area contributed by atoms with E-state index in [2.05, 4.69) is 47.9 Å². The van der Waals surface area contributed by atoms with Crippen molar-refractivity contribution in [3.05, 3.63) is 119 Å².